The molecule has 3 unspecified atom stereocenters. The number of carboxylic acid groups (broad SMARTS) is 5. The van der Waals surface area contributed by atoms with Crippen LogP contribution < -0.4 is 11.1 Å². The minimum atomic E-state index is -1.29. The highest BCUT2D eigenvalue weighted by atomic mass is 31.0. The normalized spacial score (nSPS) is 11.1. The lowest BCUT2D eigenvalue weighted by Crippen LogP contribution is -2.51. The third kappa shape index (κ3) is 34.2. The third-order valence-corrected chi connectivity index (χ3v) is 7.88. The molecule has 1 rings (SSSR count). The molecule has 0 heterocycles. The van der Waals surface area contributed by atoms with Crippen molar-refractivity contribution in [3.63, 3.8) is 0 Å². The predicted octanol–water partition coefficient (Wildman–Crippen LogP) is 3.85. The number of primary amides is 1. The molecule has 1 aromatic rings. The second kappa shape index (κ2) is 38.7. The Kier molecular flexibility index (Phi) is 42.2. The zero-order valence-corrected chi connectivity index (χ0v) is 38.6. The van der Waals surface area contributed by atoms with Crippen LogP contribution in [0.3, 0.4) is 0 Å². The van der Waals surface area contributed by atoms with Gasteiger partial charge in [0.1, 0.15) is 0 Å². The number of carboxylic acids is 5. The van der Waals surface area contributed by atoms with Crippen LogP contribution in [-0.4, -0.2) is 160 Å². The van der Waals surface area contributed by atoms with Crippen molar-refractivity contribution in [3.05, 3.63) is 29.8 Å². The lowest BCUT2D eigenvalue weighted by atomic mass is 9.90. The first-order valence-electron chi connectivity index (χ1n) is 18.5. The van der Waals surface area contributed by atoms with E-state index in [4.69, 9.17) is 15.9 Å². The summed E-state index contributed by atoms with van der Waals surface area (Å²) in [4.78, 5) is 83.6. The molecule has 17 nitrogen and oxygen atoms in total. The fourth-order valence-corrected chi connectivity index (χ4v) is 4.57. The van der Waals surface area contributed by atoms with Crippen molar-refractivity contribution in [1.29, 1.82) is 0 Å². The Labute approximate surface area is 351 Å². The highest BCUT2D eigenvalue weighted by Crippen LogP contribution is 2.18. The summed E-state index contributed by atoms with van der Waals surface area (Å²) in [6.07, 6.45) is 8.62. The first-order valence-corrected chi connectivity index (χ1v) is 21.0. The monoisotopic (exact) mass is 881 g/mol. The maximum atomic E-state index is 12.3. The summed E-state index contributed by atoms with van der Waals surface area (Å²) in [5, 5.41) is 49.4. The van der Waals surface area contributed by atoms with E-state index in [9.17, 15) is 48.9 Å². The van der Waals surface area contributed by atoms with Crippen LogP contribution in [0.2, 0.25) is 0 Å². The quantitative estimate of drug-likeness (QED) is 0.0727. The zero-order chi connectivity index (χ0) is 46.6. The number of nitrogens with one attached hydrogen (secondary N) is 1. The van der Waals surface area contributed by atoms with Gasteiger partial charge in [-0.1, -0.05) is 86.3 Å². The van der Waals surface area contributed by atoms with E-state index < -0.39 is 68.6 Å². The molecule has 0 bridgehead atoms. The maximum Gasteiger partial charge on any atom is 0.317 e. The predicted molar refractivity (Wildman–Crippen MR) is 240 cm³/mol. The molecule has 0 saturated heterocycles. The van der Waals surface area contributed by atoms with E-state index in [1.165, 1.54) is 9.80 Å². The van der Waals surface area contributed by atoms with Crippen LogP contribution in [0, 0.1) is 11.3 Å². The van der Waals surface area contributed by atoms with Gasteiger partial charge >= 0.3 is 29.8 Å². The Morgan fingerprint density at radius 1 is 0.741 bits per heavy atom. The molecule has 334 valence electrons. The molecule has 58 heavy (non-hydrogen) atoms. The molecule has 0 aliphatic heterocycles. The molecule has 8 N–H and O–H groups in total. The Balaban J connectivity index is -0.000000501. The molecular formula is C38H70N5O12P3. The molecule has 3 atom stereocenters. The maximum absolute atomic E-state index is 12.3. The Hall–Kier alpha value is -3.84. The molecular weight excluding hydrogens is 811 g/mol. The number of carbonyl (C=O) groups excluding carboxylic acids is 2. The van der Waals surface area contributed by atoms with Gasteiger partial charge in [0.05, 0.1) is 32.7 Å². The molecule has 0 fully saturated rings. The Morgan fingerprint density at radius 2 is 1.12 bits per heavy atom. The largest absolute Gasteiger partial charge is 0.480 e. The Morgan fingerprint density at radius 3 is 1.45 bits per heavy atom. The van der Waals surface area contributed by atoms with Gasteiger partial charge in [-0.3, -0.25) is 48.3 Å². The molecule has 0 spiro atoms. The third-order valence-electron chi connectivity index (χ3n) is 7.88. The summed E-state index contributed by atoms with van der Waals surface area (Å²) < 4.78 is 0. The first-order chi connectivity index (χ1) is 27.2. The second-order valence-electron chi connectivity index (χ2n) is 12.7. The van der Waals surface area contributed by atoms with Gasteiger partial charge in [0, 0.05) is 42.7 Å². The van der Waals surface area contributed by atoms with Gasteiger partial charge in [0.25, 0.3) is 0 Å². The molecule has 0 aromatic heterocycles. The van der Waals surface area contributed by atoms with Crippen molar-refractivity contribution in [3.8, 4) is 0 Å². The van der Waals surface area contributed by atoms with Crippen molar-refractivity contribution in [2.24, 2.45) is 17.1 Å². The number of rotatable bonds is 24. The highest BCUT2D eigenvalue weighted by Gasteiger charge is 2.27. The number of nitrogens with two attached hydrogens (primary N) is 1. The summed E-state index contributed by atoms with van der Waals surface area (Å²) in [7, 11) is 7.86. The zero-order valence-electron chi connectivity index (χ0n) is 35.5. The number of hydrogen-bond acceptors (Lipinski definition) is 10. The lowest BCUT2D eigenvalue weighted by Gasteiger charge is -2.34. The Bertz CT molecular complexity index is 1310. The van der Waals surface area contributed by atoms with E-state index in [2.05, 4.69) is 44.9 Å². The van der Waals surface area contributed by atoms with E-state index in [1.807, 2.05) is 55.1 Å². The number of anilines is 1. The minimum Gasteiger partial charge on any atom is -0.480 e. The van der Waals surface area contributed by atoms with Crippen LogP contribution in [0.5, 0.6) is 0 Å². The fourth-order valence-electron chi connectivity index (χ4n) is 4.57. The highest BCUT2D eigenvalue weighted by molar-refractivity contribution is 7.16. The summed E-state index contributed by atoms with van der Waals surface area (Å²) >= 11 is 0. The number of carbonyl (C=O) groups is 7. The van der Waals surface area contributed by atoms with Crippen LogP contribution in [0.4, 0.5) is 5.69 Å². The number of aliphatic carboxylic acids is 5. The van der Waals surface area contributed by atoms with Crippen molar-refractivity contribution < 1.29 is 59.1 Å². The van der Waals surface area contributed by atoms with Crippen LogP contribution in [0.25, 0.3) is 0 Å². The molecule has 1 aromatic carbocycles. The average molecular weight is 882 g/mol. The number of amides is 2. The van der Waals surface area contributed by atoms with E-state index in [0.29, 0.717) is 11.3 Å². The summed E-state index contributed by atoms with van der Waals surface area (Å²) in [6.45, 7) is 12.0. The van der Waals surface area contributed by atoms with Crippen LogP contribution in [-0.2, 0) is 40.0 Å². The molecule has 0 saturated carbocycles. The number of benzene rings is 1. The molecule has 0 radical (unpaired) electrons. The van der Waals surface area contributed by atoms with Crippen molar-refractivity contribution in [2.75, 3.05) is 64.3 Å². The van der Waals surface area contributed by atoms with Gasteiger partial charge in [0.2, 0.25) is 11.8 Å². The first kappa shape index (κ1) is 63.3. The summed E-state index contributed by atoms with van der Waals surface area (Å²) in [5.41, 5.74) is 5.93. The fraction of sp³-hybridized carbons (Fsp3) is 0.605. The molecule has 0 aliphatic rings. The SMILES string of the molecule is C=P.C=P.CC.CCC(C)(C)C(N)=O.CCCC(C)C(=O)Nc1ccc(CC(CN(CCN(CC(=O)O)CC(=O)O)CC(=O)O)N(CC(=O)O)CC(=O)O)cc1.CP. The van der Waals surface area contributed by atoms with E-state index in [1.54, 1.807) is 24.3 Å². The van der Waals surface area contributed by atoms with E-state index >= 15 is 0 Å². The molecule has 0 aliphatic carbocycles. The minimum absolute atomic E-state index is 0.0851. The van der Waals surface area contributed by atoms with Crippen LogP contribution >= 0.6 is 27.0 Å². The van der Waals surface area contributed by atoms with Gasteiger partial charge in [-0.05, 0) is 37.0 Å². The topological polar surface area (TPSA) is 268 Å². The summed E-state index contributed by atoms with van der Waals surface area (Å²) in [6, 6.07) is 5.89. The van der Waals surface area contributed by atoms with Crippen LogP contribution in [0.1, 0.15) is 73.3 Å². The standard InChI is InChI=1S/C27H40N4O11.C6H13NO.C2H6.CH5P.2CH3P/c1-3-4-18(2)27(42)28-20-7-5-19(6-8-20)11-21(31(16-25(38)39)17-26(40)41)12-29(13-22(32)33)9-10-30(14-23(34)35)15-24(36)37;1-4-6(2,3)5(7)8;4*1-2/h5-8,18,21H,3-4,9-17H2,1-2H3,(H,28,42)(H,32,33)(H,34,35)(H,36,37)(H,38,39)(H,40,41);4H2,1-3H3,(H2,7,8);1-2H3;2H2,1H3;2*2H,1H2. The second-order valence-corrected chi connectivity index (χ2v) is 12.7. The number of hydrogen-bond donors (Lipinski definition) is 7. The molecule has 2 amide bonds. The van der Waals surface area contributed by atoms with Gasteiger partial charge in [0.15, 0.2) is 0 Å². The molecule has 20 heteroatoms. The van der Waals surface area contributed by atoms with Crippen LogP contribution in [0.15, 0.2) is 24.3 Å². The van der Waals surface area contributed by atoms with Crippen molar-refractivity contribution >= 4 is 86.9 Å². The lowest BCUT2D eigenvalue weighted by molar-refractivity contribution is -0.144. The van der Waals surface area contributed by atoms with Gasteiger partial charge in [-0.15, -0.1) is 27.0 Å². The summed E-state index contributed by atoms with van der Waals surface area (Å²) in [5.74, 6) is -6.90. The van der Waals surface area contributed by atoms with E-state index in [-0.39, 0.29) is 49.2 Å². The van der Waals surface area contributed by atoms with Gasteiger partial charge in [-0.2, -0.15) is 0 Å². The van der Waals surface area contributed by atoms with Gasteiger partial charge in [-0.25, -0.2) is 0 Å². The smallest absolute Gasteiger partial charge is 0.317 e. The number of nitrogens with zero attached hydrogens (tertiary/aromatic N) is 3. The van der Waals surface area contributed by atoms with Crippen molar-refractivity contribution in [1.82, 2.24) is 14.7 Å². The average Bonchev–Trinajstić information content (AvgIpc) is 3.16. The van der Waals surface area contributed by atoms with E-state index in [0.717, 1.165) is 24.2 Å². The van der Waals surface area contributed by atoms with Gasteiger partial charge < -0.3 is 36.6 Å². The van der Waals surface area contributed by atoms with Crippen molar-refractivity contribution in [2.45, 2.75) is 80.2 Å².